The lowest BCUT2D eigenvalue weighted by atomic mass is 9.89. The van der Waals surface area contributed by atoms with Crippen molar-refractivity contribution in [3.05, 3.63) is 53.1 Å². The zero-order valence-corrected chi connectivity index (χ0v) is 8.03. The third kappa shape index (κ3) is 1.07. The van der Waals surface area contributed by atoms with Crippen LogP contribution in [0.25, 0.3) is 17.7 Å². The average Bonchev–Trinajstić information content (AvgIpc) is 2.44. The van der Waals surface area contributed by atoms with Crippen LogP contribution >= 0.6 is 0 Å². The van der Waals surface area contributed by atoms with Crippen LogP contribution in [0.2, 0.25) is 0 Å². The van der Waals surface area contributed by atoms with Gasteiger partial charge in [-0.05, 0) is 35.1 Å². The van der Waals surface area contributed by atoms with Gasteiger partial charge in [0.1, 0.15) is 0 Å². The van der Waals surface area contributed by atoms with Crippen molar-refractivity contribution in [3.63, 3.8) is 0 Å². The maximum atomic E-state index is 2.34. The Kier molecular flexibility index (Phi) is 1.66. The van der Waals surface area contributed by atoms with Crippen LogP contribution in [0.4, 0.5) is 0 Å². The molecule has 0 N–H and O–H groups in total. The highest BCUT2D eigenvalue weighted by atomic mass is 14.2. The molecule has 0 aliphatic heterocycles. The van der Waals surface area contributed by atoms with Gasteiger partial charge in [0.15, 0.2) is 0 Å². The summed E-state index contributed by atoms with van der Waals surface area (Å²) in [5.41, 5.74) is 5.68. The molecule has 0 unspecified atom stereocenters. The standard InChI is InChI=1S/C14H12/c1-2-6-12-8-4-10-13-9-3-7-11(5-1)14(12)13/h1,3-7,9-10H,2,8H2. The molecule has 1 aromatic rings. The third-order valence-electron chi connectivity index (χ3n) is 2.88. The molecule has 0 heterocycles. The van der Waals surface area contributed by atoms with E-state index in [1.54, 1.807) is 0 Å². The van der Waals surface area contributed by atoms with E-state index in [9.17, 15) is 0 Å². The normalized spacial score (nSPS) is 17.3. The van der Waals surface area contributed by atoms with Crippen molar-refractivity contribution in [2.24, 2.45) is 0 Å². The average molecular weight is 180 g/mol. The molecule has 0 bridgehead atoms. The quantitative estimate of drug-likeness (QED) is 0.568. The van der Waals surface area contributed by atoms with Crippen LogP contribution in [-0.4, -0.2) is 0 Å². The molecule has 0 saturated heterocycles. The highest BCUT2D eigenvalue weighted by molar-refractivity contribution is 5.85. The van der Waals surface area contributed by atoms with Crippen molar-refractivity contribution in [1.82, 2.24) is 0 Å². The van der Waals surface area contributed by atoms with Gasteiger partial charge in [-0.2, -0.15) is 0 Å². The molecule has 0 heteroatoms. The Bertz CT molecular complexity index is 459. The van der Waals surface area contributed by atoms with E-state index < -0.39 is 0 Å². The molecule has 0 aromatic heterocycles. The molecule has 0 saturated carbocycles. The first-order valence-corrected chi connectivity index (χ1v) is 5.11. The van der Waals surface area contributed by atoms with Crippen LogP contribution in [0, 0.1) is 0 Å². The fourth-order valence-electron chi connectivity index (χ4n) is 2.24. The van der Waals surface area contributed by atoms with Gasteiger partial charge < -0.3 is 0 Å². The summed E-state index contributed by atoms with van der Waals surface area (Å²) in [7, 11) is 0. The molecule has 3 rings (SSSR count). The minimum absolute atomic E-state index is 1.07. The summed E-state index contributed by atoms with van der Waals surface area (Å²) < 4.78 is 0. The predicted molar refractivity (Wildman–Crippen MR) is 61.7 cm³/mol. The monoisotopic (exact) mass is 180 g/mol. The van der Waals surface area contributed by atoms with E-state index in [-0.39, 0.29) is 0 Å². The summed E-state index contributed by atoms with van der Waals surface area (Å²) in [6, 6.07) is 6.53. The Morgan fingerprint density at radius 3 is 2.57 bits per heavy atom. The maximum Gasteiger partial charge on any atom is -0.00795 e. The van der Waals surface area contributed by atoms with Crippen LogP contribution in [-0.2, 0) is 0 Å². The van der Waals surface area contributed by atoms with E-state index in [1.807, 2.05) is 0 Å². The van der Waals surface area contributed by atoms with Crippen LogP contribution in [0.15, 0.2) is 36.4 Å². The molecule has 0 atom stereocenters. The molecule has 2 aliphatic carbocycles. The fourth-order valence-corrected chi connectivity index (χ4v) is 2.24. The Morgan fingerprint density at radius 2 is 1.71 bits per heavy atom. The minimum Gasteiger partial charge on any atom is -0.0801 e. The first-order valence-electron chi connectivity index (χ1n) is 5.11. The van der Waals surface area contributed by atoms with Crippen molar-refractivity contribution < 1.29 is 0 Å². The molecule has 1 aromatic carbocycles. The van der Waals surface area contributed by atoms with Gasteiger partial charge in [0.05, 0.1) is 0 Å². The number of benzene rings is 1. The molecular weight excluding hydrogens is 168 g/mol. The Hall–Kier alpha value is -1.56. The highest BCUT2D eigenvalue weighted by Gasteiger charge is 2.13. The summed E-state index contributed by atoms with van der Waals surface area (Å²) in [5.74, 6) is 0. The van der Waals surface area contributed by atoms with Crippen LogP contribution < -0.4 is 0 Å². The summed E-state index contributed by atoms with van der Waals surface area (Å²) in [4.78, 5) is 0. The molecule has 0 radical (unpaired) electrons. The van der Waals surface area contributed by atoms with E-state index in [2.05, 4.69) is 48.6 Å². The van der Waals surface area contributed by atoms with Gasteiger partial charge in [-0.15, -0.1) is 0 Å². The number of allylic oxidation sites excluding steroid dienone is 4. The van der Waals surface area contributed by atoms with E-state index in [1.165, 1.54) is 22.3 Å². The lowest BCUT2D eigenvalue weighted by molar-refractivity contribution is 1.32. The van der Waals surface area contributed by atoms with Gasteiger partial charge in [0.2, 0.25) is 0 Å². The molecule has 0 spiro atoms. The SMILES string of the molecule is C1=Cc2cccc3c2C(=CC1)CC=C3. The smallest absolute Gasteiger partial charge is 0.00795 e. The highest BCUT2D eigenvalue weighted by Crippen LogP contribution is 2.34. The Labute approximate surface area is 84.3 Å². The van der Waals surface area contributed by atoms with Crippen molar-refractivity contribution in [2.45, 2.75) is 12.8 Å². The first kappa shape index (κ1) is 7.81. The second-order valence-electron chi connectivity index (χ2n) is 3.79. The van der Waals surface area contributed by atoms with Crippen molar-refractivity contribution in [3.8, 4) is 0 Å². The zero-order chi connectivity index (χ0) is 9.38. The van der Waals surface area contributed by atoms with Crippen molar-refractivity contribution >= 4 is 17.7 Å². The molecule has 68 valence electrons. The second kappa shape index (κ2) is 2.98. The second-order valence-corrected chi connectivity index (χ2v) is 3.79. The summed E-state index contributed by atoms with van der Waals surface area (Å²) in [6.45, 7) is 0. The zero-order valence-electron chi connectivity index (χ0n) is 8.03. The van der Waals surface area contributed by atoms with Gasteiger partial charge in [-0.25, -0.2) is 0 Å². The van der Waals surface area contributed by atoms with Crippen LogP contribution in [0.5, 0.6) is 0 Å². The number of rotatable bonds is 0. The fraction of sp³-hybridized carbons (Fsp3) is 0.143. The van der Waals surface area contributed by atoms with Crippen LogP contribution in [0.1, 0.15) is 29.5 Å². The van der Waals surface area contributed by atoms with Crippen molar-refractivity contribution in [1.29, 1.82) is 0 Å². The summed E-state index contributed by atoms with van der Waals surface area (Å²) in [5, 5.41) is 0. The van der Waals surface area contributed by atoms with Gasteiger partial charge in [-0.3, -0.25) is 0 Å². The topological polar surface area (TPSA) is 0 Å². The van der Waals surface area contributed by atoms with E-state index in [4.69, 9.17) is 0 Å². The lowest BCUT2D eigenvalue weighted by Gasteiger charge is -2.15. The van der Waals surface area contributed by atoms with Crippen molar-refractivity contribution in [2.75, 3.05) is 0 Å². The molecule has 0 amide bonds. The lowest BCUT2D eigenvalue weighted by Crippen LogP contribution is -1.95. The number of hydrogen-bond donors (Lipinski definition) is 0. The maximum absolute atomic E-state index is 2.34. The van der Waals surface area contributed by atoms with Crippen LogP contribution in [0.3, 0.4) is 0 Å². The van der Waals surface area contributed by atoms with Gasteiger partial charge in [-0.1, -0.05) is 48.6 Å². The van der Waals surface area contributed by atoms with E-state index >= 15 is 0 Å². The molecule has 14 heavy (non-hydrogen) atoms. The largest absolute Gasteiger partial charge is 0.0801 e. The Balaban J connectivity index is 2.36. The summed E-state index contributed by atoms with van der Waals surface area (Å²) >= 11 is 0. The molecular formula is C14H12. The minimum atomic E-state index is 1.07. The Morgan fingerprint density at radius 1 is 0.929 bits per heavy atom. The molecule has 0 fully saturated rings. The first-order chi connectivity index (χ1) is 6.95. The van der Waals surface area contributed by atoms with Gasteiger partial charge in [0, 0.05) is 0 Å². The van der Waals surface area contributed by atoms with Gasteiger partial charge in [0.25, 0.3) is 0 Å². The molecule has 2 aliphatic rings. The third-order valence-corrected chi connectivity index (χ3v) is 2.88. The predicted octanol–water partition coefficient (Wildman–Crippen LogP) is 3.90. The number of hydrogen-bond acceptors (Lipinski definition) is 0. The molecule has 0 nitrogen and oxygen atoms in total. The van der Waals surface area contributed by atoms with E-state index in [0.717, 1.165) is 12.8 Å². The van der Waals surface area contributed by atoms with E-state index in [0.29, 0.717) is 0 Å². The summed E-state index contributed by atoms with van der Waals surface area (Å²) in [6.07, 6.45) is 13.5. The van der Waals surface area contributed by atoms with Gasteiger partial charge >= 0.3 is 0 Å².